The molecule has 1 N–H and O–H groups in total. The Bertz CT molecular complexity index is 597. The van der Waals surface area contributed by atoms with E-state index in [1.807, 2.05) is 6.07 Å². The molecule has 1 saturated carbocycles. The van der Waals surface area contributed by atoms with Crippen molar-refractivity contribution in [3.63, 3.8) is 0 Å². The summed E-state index contributed by atoms with van der Waals surface area (Å²) in [6.45, 7) is 3.13. The third-order valence-corrected chi connectivity index (χ3v) is 6.04. The molecule has 1 aliphatic carbocycles. The van der Waals surface area contributed by atoms with E-state index >= 15 is 0 Å². The van der Waals surface area contributed by atoms with Crippen molar-refractivity contribution in [2.45, 2.75) is 56.1 Å². The van der Waals surface area contributed by atoms with Gasteiger partial charge in [0.1, 0.15) is 5.82 Å². The number of aliphatic hydroxyl groups excluding tert-OH is 1. The molecule has 2 aliphatic heterocycles. The zero-order chi connectivity index (χ0) is 17.3. The summed E-state index contributed by atoms with van der Waals surface area (Å²) >= 11 is 0. The van der Waals surface area contributed by atoms with Crippen LogP contribution >= 0.6 is 0 Å². The Hall–Kier alpha value is -1.17. The van der Waals surface area contributed by atoms with E-state index < -0.39 is 6.10 Å². The maximum Gasteiger partial charge on any atom is 0.129 e. The van der Waals surface area contributed by atoms with Crippen molar-refractivity contribution in [3.8, 4) is 0 Å². The number of fused-ring (bicyclic) bond motifs is 2. The molecule has 138 valence electrons. The van der Waals surface area contributed by atoms with Gasteiger partial charge in [-0.25, -0.2) is 4.39 Å². The fourth-order valence-corrected chi connectivity index (χ4v) is 4.85. The van der Waals surface area contributed by atoms with E-state index in [-0.39, 0.29) is 17.3 Å². The molecule has 0 bridgehead atoms. The van der Waals surface area contributed by atoms with E-state index in [0.717, 1.165) is 69.5 Å². The first-order valence-electron chi connectivity index (χ1n) is 9.59. The van der Waals surface area contributed by atoms with Crippen molar-refractivity contribution in [1.82, 2.24) is 0 Å². The van der Waals surface area contributed by atoms with Crippen molar-refractivity contribution >= 4 is 5.69 Å². The number of rotatable bonds is 5. The highest BCUT2D eigenvalue weighted by atomic mass is 19.1. The van der Waals surface area contributed by atoms with Gasteiger partial charge >= 0.3 is 0 Å². The molecule has 2 heterocycles. The lowest BCUT2D eigenvalue weighted by Crippen LogP contribution is -2.38. The van der Waals surface area contributed by atoms with Gasteiger partial charge in [0, 0.05) is 43.0 Å². The molecule has 1 saturated heterocycles. The van der Waals surface area contributed by atoms with Gasteiger partial charge in [-0.05, 0) is 37.8 Å². The van der Waals surface area contributed by atoms with Gasteiger partial charge in [0.15, 0.2) is 0 Å². The van der Waals surface area contributed by atoms with Crippen molar-refractivity contribution in [3.05, 3.63) is 29.6 Å². The van der Waals surface area contributed by atoms with E-state index in [0.29, 0.717) is 13.2 Å². The number of aliphatic hydroxyl groups is 1. The topological polar surface area (TPSA) is 41.9 Å². The molecule has 1 unspecified atom stereocenters. The molecule has 1 atom stereocenters. The van der Waals surface area contributed by atoms with Crippen molar-refractivity contribution < 1.29 is 19.0 Å². The monoisotopic (exact) mass is 349 g/mol. The summed E-state index contributed by atoms with van der Waals surface area (Å²) in [6.07, 6.45) is 5.84. The second-order valence-corrected chi connectivity index (χ2v) is 7.80. The first-order chi connectivity index (χ1) is 12.2. The van der Waals surface area contributed by atoms with Crippen molar-refractivity contribution in [2.75, 3.05) is 37.8 Å². The van der Waals surface area contributed by atoms with Crippen LogP contribution in [0, 0.1) is 5.82 Å². The summed E-state index contributed by atoms with van der Waals surface area (Å²) in [5.74, 6) is -0.0881. The highest BCUT2D eigenvalue weighted by Crippen LogP contribution is 2.51. The van der Waals surface area contributed by atoms with Crippen LogP contribution < -0.4 is 4.90 Å². The molecule has 3 aliphatic rings. The fourth-order valence-electron chi connectivity index (χ4n) is 4.85. The number of hydrogen-bond acceptors (Lipinski definition) is 4. The highest BCUT2D eigenvalue weighted by molar-refractivity contribution is 5.63. The van der Waals surface area contributed by atoms with Crippen LogP contribution in [0.5, 0.6) is 0 Å². The molecule has 4 nitrogen and oxygen atoms in total. The minimum atomic E-state index is -0.560. The van der Waals surface area contributed by atoms with Gasteiger partial charge in [0.25, 0.3) is 0 Å². The average molecular weight is 349 g/mol. The molecule has 5 heteroatoms. The second kappa shape index (κ2) is 7.22. The Morgan fingerprint density at radius 3 is 2.80 bits per heavy atom. The lowest BCUT2D eigenvalue weighted by atomic mass is 9.80. The van der Waals surface area contributed by atoms with Gasteiger partial charge in [-0.2, -0.15) is 0 Å². The first kappa shape index (κ1) is 17.3. The van der Waals surface area contributed by atoms with Crippen LogP contribution in [0.4, 0.5) is 10.1 Å². The zero-order valence-electron chi connectivity index (χ0n) is 14.8. The summed E-state index contributed by atoms with van der Waals surface area (Å²) < 4.78 is 25.7. The Morgan fingerprint density at radius 1 is 1.28 bits per heavy atom. The molecule has 4 rings (SSSR count). The van der Waals surface area contributed by atoms with E-state index in [1.54, 1.807) is 12.1 Å². The standard InChI is InChI=1S/C20H28FNO3/c21-17-4-3-5-18-19(17)20(8-1-2-9-20)14-22(18)12-15(23)13-25-16-6-10-24-11-7-16/h3-5,15-16,23H,1-2,6-14H2. The van der Waals surface area contributed by atoms with Gasteiger partial charge in [0.05, 0.1) is 18.8 Å². The normalized spacial score (nSPS) is 24.0. The van der Waals surface area contributed by atoms with E-state index in [2.05, 4.69) is 4.90 Å². The molecule has 1 aromatic carbocycles. The predicted molar refractivity (Wildman–Crippen MR) is 94.6 cm³/mol. The number of benzene rings is 1. The number of anilines is 1. The summed E-state index contributed by atoms with van der Waals surface area (Å²) in [5, 5.41) is 10.5. The van der Waals surface area contributed by atoms with Gasteiger partial charge in [-0.3, -0.25) is 0 Å². The molecule has 1 aromatic rings. The zero-order valence-corrected chi connectivity index (χ0v) is 14.8. The number of nitrogens with zero attached hydrogens (tertiary/aromatic N) is 1. The first-order valence-corrected chi connectivity index (χ1v) is 9.59. The van der Waals surface area contributed by atoms with Crippen LogP contribution in [0.3, 0.4) is 0 Å². The molecular formula is C20H28FNO3. The van der Waals surface area contributed by atoms with Crippen molar-refractivity contribution in [1.29, 1.82) is 0 Å². The fraction of sp³-hybridized carbons (Fsp3) is 0.700. The lowest BCUT2D eigenvalue weighted by Gasteiger charge is -2.28. The third-order valence-electron chi connectivity index (χ3n) is 6.04. The summed E-state index contributed by atoms with van der Waals surface area (Å²) in [5.41, 5.74) is 1.79. The highest BCUT2D eigenvalue weighted by Gasteiger charge is 2.46. The Balaban J connectivity index is 1.42. The number of ether oxygens (including phenoxy) is 2. The van der Waals surface area contributed by atoms with Crippen LogP contribution in [-0.4, -0.2) is 50.2 Å². The van der Waals surface area contributed by atoms with Crippen LogP contribution in [0.1, 0.15) is 44.1 Å². The minimum absolute atomic E-state index is 0.0536. The Kier molecular flexibility index (Phi) is 4.98. The molecular weight excluding hydrogens is 321 g/mol. The Labute approximate surface area is 148 Å². The van der Waals surface area contributed by atoms with Crippen LogP contribution in [0.25, 0.3) is 0 Å². The average Bonchev–Trinajstić information content (AvgIpc) is 3.21. The van der Waals surface area contributed by atoms with Gasteiger partial charge in [-0.1, -0.05) is 18.9 Å². The Morgan fingerprint density at radius 2 is 2.04 bits per heavy atom. The van der Waals surface area contributed by atoms with Crippen LogP contribution in [-0.2, 0) is 14.9 Å². The van der Waals surface area contributed by atoms with E-state index in [4.69, 9.17) is 9.47 Å². The molecule has 0 amide bonds. The molecule has 2 fully saturated rings. The quantitative estimate of drug-likeness (QED) is 0.887. The lowest BCUT2D eigenvalue weighted by molar-refractivity contribution is -0.0575. The second-order valence-electron chi connectivity index (χ2n) is 7.80. The molecule has 0 aromatic heterocycles. The maximum atomic E-state index is 14.6. The number of β-amino-alcohol motifs (C(OH)–C–C–N with tert-alkyl or cyclic N) is 1. The van der Waals surface area contributed by atoms with E-state index in [1.165, 1.54) is 0 Å². The van der Waals surface area contributed by atoms with Crippen LogP contribution in [0.2, 0.25) is 0 Å². The minimum Gasteiger partial charge on any atom is -0.389 e. The summed E-state index contributed by atoms with van der Waals surface area (Å²) in [7, 11) is 0. The maximum absolute atomic E-state index is 14.6. The van der Waals surface area contributed by atoms with E-state index in [9.17, 15) is 9.50 Å². The van der Waals surface area contributed by atoms with Crippen LogP contribution in [0.15, 0.2) is 18.2 Å². The summed E-state index contributed by atoms with van der Waals surface area (Å²) in [6, 6.07) is 5.35. The number of hydrogen-bond donors (Lipinski definition) is 1. The SMILES string of the molecule is OC(COC1CCOCC1)CN1CC2(CCCC2)c2c(F)cccc21. The smallest absolute Gasteiger partial charge is 0.129 e. The van der Waals surface area contributed by atoms with Gasteiger partial charge in [0.2, 0.25) is 0 Å². The van der Waals surface area contributed by atoms with Crippen molar-refractivity contribution in [2.24, 2.45) is 0 Å². The van der Waals surface area contributed by atoms with Gasteiger partial charge < -0.3 is 19.5 Å². The predicted octanol–water partition coefficient (Wildman–Crippen LogP) is 3.01. The summed E-state index contributed by atoms with van der Waals surface area (Å²) in [4.78, 5) is 2.17. The molecule has 25 heavy (non-hydrogen) atoms. The number of halogens is 1. The molecule has 1 spiro atoms. The largest absolute Gasteiger partial charge is 0.389 e. The van der Waals surface area contributed by atoms with Gasteiger partial charge in [-0.15, -0.1) is 0 Å². The molecule has 0 radical (unpaired) electrons. The third kappa shape index (κ3) is 3.42.